The van der Waals surface area contributed by atoms with Crippen molar-refractivity contribution in [3.8, 4) is 0 Å². The molecule has 0 aromatic carbocycles. The zero-order valence-electron chi connectivity index (χ0n) is 11.1. The molecule has 0 heterocycles. The van der Waals surface area contributed by atoms with Crippen LogP contribution in [0.2, 0.25) is 0 Å². The molecule has 2 rings (SSSR count). The molecule has 2 nitrogen and oxygen atoms in total. The van der Waals surface area contributed by atoms with E-state index in [1.807, 2.05) is 0 Å². The second kappa shape index (κ2) is 6.42. The SMILES string of the molecule is CC(=O)OCC1CCCCC1C1CCCCC1. The van der Waals surface area contributed by atoms with Gasteiger partial charge < -0.3 is 4.74 Å². The molecule has 0 radical (unpaired) electrons. The van der Waals surface area contributed by atoms with Gasteiger partial charge in [-0.3, -0.25) is 4.79 Å². The Balaban J connectivity index is 1.88. The maximum absolute atomic E-state index is 10.9. The quantitative estimate of drug-likeness (QED) is 0.696. The van der Waals surface area contributed by atoms with Crippen LogP contribution < -0.4 is 0 Å². The first-order chi connectivity index (χ1) is 8.27. The average Bonchev–Trinajstić information content (AvgIpc) is 2.38. The highest BCUT2D eigenvalue weighted by atomic mass is 16.5. The smallest absolute Gasteiger partial charge is 0.302 e. The van der Waals surface area contributed by atoms with Gasteiger partial charge in [-0.1, -0.05) is 44.9 Å². The van der Waals surface area contributed by atoms with Gasteiger partial charge in [0.2, 0.25) is 0 Å². The van der Waals surface area contributed by atoms with Crippen LogP contribution in [0.3, 0.4) is 0 Å². The van der Waals surface area contributed by atoms with Gasteiger partial charge in [0.05, 0.1) is 6.61 Å². The predicted octanol–water partition coefficient (Wildman–Crippen LogP) is 3.94. The summed E-state index contributed by atoms with van der Waals surface area (Å²) in [6.45, 7) is 2.20. The number of hydrogen-bond acceptors (Lipinski definition) is 2. The lowest BCUT2D eigenvalue weighted by Gasteiger charge is -2.38. The number of carbonyl (C=O) groups excluding carboxylic acids is 1. The number of esters is 1. The summed E-state index contributed by atoms with van der Waals surface area (Å²) in [6.07, 6.45) is 12.5. The fourth-order valence-corrected chi connectivity index (χ4v) is 3.85. The molecule has 0 saturated heterocycles. The van der Waals surface area contributed by atoms with Crippen molar-refractivity contribution in [2.24, 2.45) is 17.8 Å². The molecule has 2 heteroatoms. The van der Waals surface area contributed by atoms with Gasteiger partial charge in [0, 0.05) is 6.92 Å². The van der Waals surface area contributed by atoms with E-state index in [-0.39, 0.29) is 5.97 Å². The normalized spacial score (nSPS) is 31.1. The number of rotatable bonds is 3. The highest BCUT2D eigenvalue weighted by Crippen LogP contribution is 2.41. The molecule has 2 atom stereocenters. The van der Waals surface area contributed by atoms with E-state index in [2.05, 4.69) is 0 Å². The van der Waals surface area contributed by atoms with Gasteiger partial charge in [0.15, 0.2) is 0 Å². The Hall–Kier alpha value is -0.530. The van der Waals surface area contributed by atoms with Crippen LogP contribution in [0.1, 0.15) is 64.7 Å². The summed E-state index contributed by atoms with van der Waals surface area (Å²) < 4.78 is 5.26. The first kappa shape index (κ1) is 12.9. The van der Waals surface area contributed by atoms with Gasteiger partial charge >= 0.3 is 5.97 Å². The fourth-order valence-electron chi connectivity index (χ4n) is 3.85. The van der Waals surface area contributed by atoms with Crippen molar-refractivity contribution in [3.63, 3.8) is 0 Å². The minimum absolute atomic E-state index is 0.113. The van der Waals surface area contributed by atoms with Crippen molar-refractivity contribution in [1.29, 1.82) is 0 Å². The molecule has 2 aliphatic carbocycles. The molecular weight excluding hydrogens is 212 g/mol. The van der Waals surface area contributed by atoms with Crippen molar-refractivity contribution < 1.29 is 9.53 Å². The Bertz CT molecular complexity index is 243. The highest BCUT2D eigenvalue weighted by Gasteiger charge is 2.32. The molecule has 0 spiro atoms. The van der Waals surface area contributed by atoms with Gasteiger partial charge in [-0.05, 0) is 30.6 Å². The van der Waals surface area contributed by atoms with Gasteiger partial charge in [-0.2, -0.15) is 0 Å². The Labute approximate surface area is 105 Å². The van der Waals surface area contributed by atoms with Crippen LogP contribution in [0.4, 0.5) is 0 Å². The Morgan fingerprint density at radius 3 is 2.35 bits per heavy atom. The minimum Gasteiger partial charge on any atom is -0.466 e. The summed E-state index contributed by atoms with van der Waals surface area (Å²) >= 11 is 0. The van der Waals surface area contributed by atoms with Crippen molar-refractivity contribution in [2.45, 2.75) is 64.7 Å². The summed E-state index contributed by atoms with van der Waals surface area (Å²) in [5.41, 5.74) is 0. The molecule has 2 fully saturated rings. The monoisotopic (exact) mass is 238 g/mol. The number of hydrogen-bond donors (Lipinski definition) is 0. The largest absolute Gasteiger partial charge is 0.466 e. The second-order valence-corrected chi connectivity index (χ2v) is 5.91. The van der Waals surface area contributed by atoms with E-state index < -0.39 is 0 Å². The zero-order chi connectivity index (χ0) is 12.1. The lowest BCUT2D eigenvalue weighted by Crippen LogP contribution is -2.31. The first-order valence-electron chi connectivity index (χ1n) is 7.40. The third kappa shape index (κ3) is 3.72. The molecule has 0 amide bonds. The van der Waals surface area contributed by atoms with Crippen LogP contribution in [0.15, 0.2) is 0 Å². The van der Waals surface area contributed by atoms with E-state index in [1.165, 1.54) is 64.7 Å². The summed E-state index contributed by atoms with van der Waals surface area (Å²) in [4.78, 5) is 10.9. The van der Waals surface area contributed by atoms with Gasteiger partial charge in [-0.15, -0.1) is 0 Å². The Morgan fingerprint density at radius 1 is 1.00 bits per heavy atom. The predicted molar refractivity (Wildman–Crippen MR) is 68.7 cm³/mol. The summed E-state index contributed by atoms with van der Waals surface area (Å²) in [5, 5.41) is 0. The standard InChI is InChI=1S/C15H26O2/c1-12(16)17-11-14-9-5-6-10-15(14)13-7-3-2-4-8-13/h13-15H,2-11H2,1H3. The van der Waals surface area contributed by atoms with E-state index in [0.717, 1.165) is 11.8 Å². The first-order valence-corrected chi connectivity index (χ1v) is 7.40. The molecule has 2 unspecified atom stereocenters. The minimum atomic E-state index is -0.113. The van der Waals surface area contributed by atoms with Crippen LogP contribution in [-0.2, 0) is 9.53 Å². The molecule has 0 bridgehead atoms. The molecular formula is C15H26O2. The lowest BCUT2D eigenvalue weighted by molar-refractivity contribution is -0.143. The molecule has 0 aromatic rings. The van der Waals surface area contributed by atoms with E-state index in [0.29, 0.717) is 12.5 Å². The van der Waals surface area contributed by atoms with E-state index in [9.17, 15) is 4.79 Å². The maximum Gasteiger partial charge on any atom is 0.302 e. The maximum atomic E-state index is 10.9. The molecule has 2 aliphatic rings. The van der Waals surface area contributed by atoms with Crippen LogP contribution in [0.5, 0.6) is 0 Å². The second-order valence-electron chi connectivity index (χ2n) is 5.91. The summed E-state index contributed by atoms with van der Waals surface area (Å²) in [6, 6.07) is 0. The molecule has 0 aromatic heterocycles. The summed E-state index contributed by atoms with van der Waals surface area (Å²) in [5.74, 6) is 2.29. The lowest BCUT2D eigenvalue weighted by atomic mass is 9.68. The Kier molecular flexibility index (Phi) is 4.87. The van der Waals surface area contributed by atoms with E-state index in [1.54, 1.807) is 0 Å². The van der Waals surface area contributed by atoms with Crippen molar-refractivity contribution in [3.05, 3.63) is 0 Å². The summed E-state index contributed by atoms with van der Waals surface area (Å²) in [7, 11) is 0. The van der Waals surface area contributed by atoms with E-state index >= 15 is 0 Å². The zero-order valence-corrected chi connectivity index (χ0v) is 11.1. The number of carbonyl (C=O) groups is 1. The highest BCUT2D eigenvalue weighted by molar-refractivity contribution is 5.65. The molecule has 2 saturated carbocycles. The Morgan fingerprint density at radius 2 is 1.65 bits per heavy atom. The molecule has 0 N–H and O–H groups in total. The average molecular weight is 238 g/mol. The topological polar surface area (TPSA) is 26.3 Å². The molecule has 0 aliphatic heterocycles. The van der Waals surface area contributed by atoms with Crippen LogP contribution in [0, 0.1) is 17.8 Å². The van der Waals surface area contributed by atoms with Crippen molar-refractivity contribution in [1.82, 2.24) is 0 Å². The van der Waals surface area contributed by atoms with Crippen molar-refractivity contribution >= 4 is 5.97 Å². The van der Waals surface area contributed by atoms with Gasteiger partial charge in [0.25, 0.3) is 0 Å². The third-order valence-corrected chi connectivity index (χ3v) is 4.72. The molecule has 17 heavy (non-hydrogen) atoms. The van der Waals surface area contributed by atoms with Crippen LogP contribution >= 0.6 is 0 Å². The number of ether oxygens (including phenoxy) is 1. The molecule has 98 valence electrons. The van der Waals surface area contributed by atoms with Crippen LogP contribution in [0.25, 0.3) is 0 Å². The third-order valence-electron chi connectivity index (χ3n) is 4.72. The van der Waals surface area contributed by atoms with E-state index in [4.69, 9.17) is 4.74 Å². The van der Waals surface area contributed by atoms with Crippen molar-refractivity contribution in [2.75, 3.05) is 6.61 Å². The van der Waals surface area contributed by atoms with Crippen LogP contribution in [-0.4, -0.2) is 12.6 Å². The van der Waals surface area contributed by atoms with Gasteiger partial charge in [0.1, 0.15) is 0 Å². The van der Waals surface area contributed by atoms with Gasteiger partial charge in [-0.25, -0.2) is 0 Å². The fraction of sp³-hybridized carbons (Fsp3) is 0.933.